The Morgan fingerprint density at radius 2 is 2.35 bits per heavy atom. The Kier molecular flexibility index (Phi) is 4.71. The molecule has 1 aliphatic rings. The molecule has 0 aromatic carbocycles. The number of rotatable bonds is 7. The summed E-state index contributed by atoms with van der Waals surface area (Å²) in [5.41, 5.74) is 0.887. The third-order valence-electron chi connectivity index (χ3n) is 3.39. The predicted octanol–water partition coefficient (Wildman–Crippen LogP) is 1.94. The summed E-state index contributed by atoms with van der Waals surface area (Å²) >= 11 is 1.55. The number of esters is 1. The van der Waals surface area contributed by atoms with Crippen LogP contribution in [0.15, 0.2) is 21.3 Å². The highest BCUT2D eigenvalue weighted by atomic mass is 32.1. The summed E-state index contributed by atoms with van der Waals surface area (Å²) in [6.07, 6.45) is 1.58. The summed E-state index contributed by atoms with van der Waals surface area (Å²) in [5, 5.41) is 10.5. The molecule has 0 aliphatic heterocycles. The van der Waals surface area contributed by atoms with Gasteiger partial charge in [-0.05, 0) is 31.2 Å². The highest BCUT2D eigenvalue weighted by Crippen LogP contribution is 2.20. The van der Waals surface area contributed by atoms with Crippen LogP contribution in [0.2, 0.25) is 0 Å². The molecule has 2 aromatic rings. The maximum Gasteiger partial charge on any atom is 0.307 e. The SMILES string of the molecule is C[C@H](OC(=O)CCc1nc(-c2ccsc2)no1)C(=O)NC1CC1. The largest absolute Gasteiger partial charge is 0.453 e. The van der Waals surface area contributed by atoms with Crippen molar-refractivity contribution >= 4 is 23.2 Å². The van der Waals surface area contributed by atoms with Crippen LogP contribution in [0, 0.1) is 0 Å². The van der Waals surface area contributed by atoms with Gasteiger partial charge in [-0.1, -0.05) is 5.16 Å². The minimum absolute atomic E-state index is 0.0896. The van der Waals surface area contributed by atoms with Gasteiger partial charge in [0.05, 0.1) is 6.42 Å². The molecule has 8 heteroatoms. The Labute approximate surface area is 137 Å². The summed E-state index contributed by atoms with van der Waals surface area (Å²) in [6.45, 7) is 1.57. The Hall–Kier alpha value is -2.22. The van der Waals surface area contributed by atoms with Crippen molar-refractivity contribution < 1.29 is 18.8 Å². The van der Waals surface area contributed by atoms with E-state index in [0.717, 1.165) is 18.4 Å². The minimum Gasteiger partial charge on any atom is -0.453 e. The van der Waals surface area contributed by atoms with E-state index in [1.54, 1.807) is 18.3 Å². The van der Waals surface area contributed by atoms with E-state index in [9.17, 15) is 9.59 Å². The average molecular weight is 335 g/mol. The molecule has 2 aromatic heterocycles. The predicted molar refractivity (Wildman–Crippen MR) is 82.7 cm³/mol. The number of hydrogen-bond acceptors (Lipinski definition) is 7. The van der Waals surface area contributed by atoms with Crippen molar-refractivity contribution in [2.45, 2.75) is 44.8 Å². The molecule has 7 nitrogen and oxygen atoms in total. The van der Waals surface area contributed by atoms with Crippen molar-refractivity contribution in [3.63, 3.8) is 0 Å². The molecule has 1 saturated carbocycles. The van der Waals surface area contributed by atoms with Gasteiger partial charge in [-0.25, -0.2) is 0 Å². The summed E-state index contributed by atoms with van der Waals surface area (Å²) < 4.78 is 10.2. The second kappa shape index (κ2) is 6.91. The van der Waals surface area contributed by atoms with Gasteiger partial charge in [0.2, 0.25) is 11.7 Å². The summed E-state index contributed by atoms with van der Waals surface area (Å²) in [5.74, 6) is 0.169. The molecule has 122 valence electrons. The molecule has 2 heterocycles. The number of carbonyl (C=O) groups is 2. The fraction of sp³-hybridized carbons (Fsp3) is 0.467. The van der Waals surface area contributed by atoms with E-state index < -0.39 is 12.1 Å². The minimum atomic E-state index is -0.785. The molecule has 1 atom stereocenters. The lowest BCUT2D eigenvalue weighted by molar-refractivity contribution is -0.154. The van der Waals surface area contributed by atoms with Crippen LogP contribution in [0.4, 0.5) is 0 Å². The quantitative estimate of drug-likeness (QED) is 0.777. The van der Waals surface area contributed by atoms with Crippen LogP contribution in [-0.2, 0) is 20.7 Å². The average Bonchev–Trinajstić information content (AvgIpc) is 3.03. The van der Waals surface area contributed by atoms with Gasteiger partial charge < -0.3 is 14.6 Å². The molecular weight excluding hydrogens is 318 g/mol. The zero-order chi connectivity index (χ0) is 16.2. The van der Waals surface area contributed by atoms with E-state index in [0.29, 0.717) is 11.7 Å². The van der Waals surface area contributed by atoms with Gasteiger partial charge >= 0.3 is 5.97 Å². The van der Waals surface area contributed by atoms with Gasteiger partial charge in [-0.3, -0.25) is 9.59 Å². The van der Waals surface area contributed by atoms with Crippen LogP contribution >= 0.6 is 11.3 Å². The van der Waals surface area contributed by atoms with E-state index in [-0.39, 0.29) is 24.8 Å². The molecule has 1 fully saturated rings. The van der Waals surface area contributed by atoms with Crippen molar-refractivity contribution in [2.75, 3.05) is 0 Å². The molecule has 23 heavy (non-hydrogen) atoms. The molecule has 3 rings (SSSR count). The fourth-order valence-corrected chi connectivity index (χ4v) is 2.56. The molecule has 1 amide bonds. The molecule has 0 radical (unpaired) electrons. The molecule has 0 bridgehead atoms. The monoisotopic (exact) mass is 335 g/mol. The topological polar surface area (TPSA) is 94.3 Å². The molecule has 0 unspecified atom stereocenters. The van der Waals surface area contributed by atoms with Crippen LogP contribution in [0.1, 0.15) is 32.1 Å². The van der Waals surface area contributed by atoms with E-state index in [2.05, 4.69) is 15.5 Å². The maximum atomic E-state index is 11.8. The highest BCUT2D eigenvalue weighted by Gasteiger charge is 2.27. The van der Waals surface area contributed by atoms with Gasteiger partial charge in [0.1, 0.15) is 0 Å². The van der Waals surface area contributed by atoms with Crippen LogP contribution < -0.4 is 5.32 Å². The number of aromatic nitrogens is 2. The van der Waals surface area contributed by atoms with Crippen molar-refractivity contribution in [3.8, 4) is 11.4 Å². The number of carbonyl (C=O) groups excluding carboxylic acids is 2. The van der Waals surface area contributed by atoms with Crippen molar-refractivity contribution in [1.29, 1.82) is 0 Å². The third kappa shape index (κ3) is 4.38. The van der Waals surface area contributed by atoms with Crippen molar-refractivity contribution in [1.82, 2.24) is 15.5 Å². The smallest absolute Gasteiger partial charge is 0.307 e. The number of nitrogens with one attached hydrogen (secondary N) is 1. The second-order valence-corrected chi connectivity index (χ2v) is 6.22. The van der Waals surface area contributed by atoms with Crippen LogP contribution in [0.25, 0.3) is 11.4 Å². The Balaban J connectivity index is 1.44. The first-order valence-electron chi connectivity index (χ1n) is 7.47. The molecular formula is C15H17N3O4S. The lowest BCUT2D eigenvalue weighted by atomic mass is 10.3. The number of thiophene rings is 1. The van der Waals surface area contributed by atoms with Gasteiger partial charge in [0.25, 0.3) is 5.91 Å². The number of hydrogen-bond donors (Lipinski definition) is 1. The van der Waals surface area contributed by atoms with Crippen LogP contribution in [0.3, 0.4) is 0 Å². The zero-order valence-corrected chi connectivity index (χ0v) is 13.5. The molecule has 0 spiro atoms. The number of amides is 1. The molecule has 1 N–H and O–H groups in total. The molecule has 0 saturated heterocycles. The van der Waals surface area contributed by atoms with E-state index in [1.807, 2.05) is 16.8 Å². The Bertz CT molecular complexity index is 679. The Morgan fingerprint density at radius 3 is 3.04 bits per heavy atom. The van der Waals surface area contributed by atoms with Gasteiger partial charge in [0.15, 0.2) is 6.10 Å². The van der Waals surface area contributed by atoms with Crippen molar-refractivity contribution in [3.05, 3.63) is 22.7 Å². The molecule has 1 aliphatic carbocycles. The number of aryl methyl sites for hydroxylation is 1. The summed E-state index contributed by atoms with van der Waals surface area (Å²) in [4.78, 5) is 27.7. The van der Waals surface area contributed by atoms with Gasteiger partial charge in [0, 0.05) is 23.4 Å². The second-order valence-electron chi connectivity index (χ2n) is 5.44. The zero-order valence-electron chi connectivity index (χ0n) is 12.7. The third-order valence-corrected chi connectivity index (χ3v) is 4.07. The first kappa shape index (κ1) is 15.7. The summed E-state index contributed by atoms with van der Waals surface area (Å²) in [7, 11) is 0. The Morgan fingerprint density at radius 1 is 1.52 bits per heavy atom. The lowest BCUT2D eigenvalue weighted by Crippen LogP contribution is -2.37. The first-order valence-corrected chi connectivity index (χ1v) is 8.41. The standard InChI is InChI=1S/C15H17N3O4S/c1-9(15(20)16-11-2-3-11)21-13(19)5-4-12-17-14(18-22-12)10-6-7-23-8-10/h6-9,11H,2-5H2,1H3,(H,16,20)/t9-/m0/s1. The first-order chi connectivity index (χ1) is 11.1. The van der Waals surface area contributed by atoms with Crippen LogP contribution in [-0.4, -0.2) is 34.2 Å². The van der Waals surface area contributed by atoms with E-state index in [1.165, 1.54) is 0 Å². The normalized spacial score (nSPS) is 15.2. The van der Waals surface area contributed by atoms with E-state index >= 15 is 0 Å². The number of ether oxygens (including phenoxy) is 1. The highest BCUT2D eigenvalue weighted by molar-refractivity contribution is 7.08. The van der Waals surface area contributed by atoms with Crippen LogP contribution in [0.5, 0.6) is 0 Å². The van der Waals surface area contributed by atoms with Gasteiger partial charge in [-0.2, -0.15) is 16.3 Å². The summed E-state index contributed by atoms with van der Waals surface area (Å²) in [6, 6.07) is 2.14. The lowest BCUT2D eigenvalue weighted by Gasteiger charge is -2.12. The van der Waals surface area contributed by atoms with Crippen molar-refractivity contribution in [2.24, 2.45) is 0 Å². The fourth-order valence-electron chi connectivity index (χ4n) is 1.93. The maximum absolute atomic E-state index is 11.8. The van der Waals surface area contributed by atoms with E-state index in [4.69, 9.17) is 9.26 Å². The van der Waals surface area contributed by atoms with Gasteiger partial charge in [-0.15, -0.1) is 0 Å². The number of nitrogens with zero attached hydrogens (tertiary/aromatic N) is 2.